The van der Waals surface area contributed by atoms with E-state index in [1.165, 1.54) is 39.2 Å². The highest BCUT2D eigenvalue weighted by atomic mass is 79.9. The van der Waals surface area contributed by atoms with Gasteiger partial charge in [-0.2, -0.15) is 16.8 Å². The number of fused-ring (bicyclic) bond motifs is 1. The predicted molar refractivity (Wildman–Crippen MR) is 256 cm³/mol. The quantitative estimate of drug-likeness (QED) is 0.0528. The van der Waals surface area contributed by atoms with Crippen molar-refractivity contribution in [3.05, 3.63) is 140 Å². The fourth-order valence-corrected chi connectivity index (χ4v) is 8.12. The van der Waals surface area contributed by atoms with E-state index in [4.69, 9.17) is 46.4 Å². The molecule has 0 saturated carbocycles. The summed E-state index contributed by atoms with van der Waals surface area (Å²) in [6, 6.07) is 21.5. The molecule has 3 aromatic heterocycles. The van der Waals surface area contributed by atoms with Crippen LogP contribution in [0.25, 0.3) is 22.4 Å². The maximum atomic E-state index is 11.1. The first-order chi connectivity index (χ1) is 31.2. The summed E-state index contributed by atoms with van der Waals surface area (Å²) in [4.78, 5) is 45.2. The molecule has 23 heteroatoms. The first kappa shape index (κ1) is 54.0. The van der Waals surface area contributed by atoms with Gasteiger partial charge < -0.3 is 47.2 Å². The fourth-order valence-electron chi connectivity index (χ4n) is 6.08. The second-order valence-corrected chi connectivity index (χ2v) is 17.7. The van der Waals surface area contributed by atoms with Gasteiger partial charge in [0.1, 0.15) is 16.5 Å². The highest BCUT2D eigenvalue weighted by Gasteiger charge is 2.22. The lowest BCUT2D eigenvalue weighted by molar-refractivity contribution is -0.136. The molecule has 0 radical (unpaired) electrons. The van der Waals surface area contributed by atoms with E-state index in [0.717, 1.165) is 27.9 Å². The summed E-state index contributed by atoms with van der Waals surface area (Å²) in [6.45, 7) is 8.35. The zero-order chi connectivity index (χ0) is 50.6. The van der Waals surface area contributed by atoms with Gasteiger partial charge in [0.15, 0.2) is 0 Å². The Labute approximate surface area is 393 Å². The van der Waals surface area contributed by atoms with Gasteiger partial charge >= 0.3 is 17.9 Å². The Hall–Kier alpha value is -7.31. The van der Waals surface area contributed by atoms with Crippen molar-refractivity contribution >= 4 is 82.2 Å². The molecule has 3 heterocycles. The fraction of sp³-hybridized carbons (Fsp3) is 0.159. The molecule has 0 aliphatic carbocycles. The third-order valence-electron chi connectivity index (χ3n) is 9.50. The number of aromatic carboxylic acids is 2. The number of nitrogens with one attached hydrogen (secondary N) is 2. The number of methoxy groups -OCH3 is 1. The van der Waals surface area contributed by atoms with Crippen molar-refractivity contribution in [3.8, 4) is 17.1 Å². The first-order valence-corrected chi connectivity index (χ1v) is 22.9. The maximum absolute atomic E-state index is 11.1. The van der Waals surface area contributed by atoms with Crippen LogP contribution in [-0.4, -0.2) is 86.2 Å². The maximum Gasteiger partial charge on any atom is 0.338 e. The number of pyridine rings is 1. The Balaban J connectivity index is 0.000000227. The van der Waals surface area contributed by atoms with Crippen LogP contribution >= 0.6 is 15.9 Å². The van der Waals surface area contributed by atoms with Gasteiger partial charge in [0.25, 0.3) is 20.2 Å². The lowest BCUT2D eigenvalue weighted by atomic mass is 10.0. The number of para-hydroxylation sites is 3. The number of hydrogen-bond donors (Lipinski definition) is 10. The standard InChI is InChI=1S/C13H10N2O3S.C9H14N2O3S.C8H9NO3.C7H8BrNO2.C7H7NO2/c16-19(17,18)10-7-5-9(6-8-10)13-14-11-3-1-2-4-12(11)15-13;1-4-7(10)5(2)9(15(12,13)14)6(3)8(4)11;1-12-6-4-2-3-5(7(6)9)8(10)11;1-3-5(7(10)11)6(8)4(2)9-3;9-7(10)5-6-1-3-8-4-2-6/h1-8H,(H,14,15)(H,16,17,18);10-11H2,1-3H3,(H,12,13,14);2-4H,9H2,1H3,(H,10,11);9H,1-2H3,(H,10,11);1-4H,5H2,(H,9,10). The summed E-state index contributed by atoms with van der Waals surface area (Å²) in [5.74, 6) is -1.73. The number of imidazole rings is 1. The summed E-state index contributed by atoms with van der Waals surface area (Å²) < 4.78 is 67.6. The van der Waals surface area contributed by atoms with E-state index in [1.54, 1.807) is 62.6 Å². The van der Waals surface area contributed by atoms with E-state index >= 15 is 0 Å². The van der Waals surface area contributed by atoms with E-state index in [-0.39, 0.29) is 27.5 Å². The number of carbonyl (C=O) groups is 3. The van der Waals surface area contributed by atoms with E-state index in [2.05, 4.69) is 35.9 Å². The van der Waals surface area contributed by atoms with Crippen LogP contribution in [0.1, 0.15) is 54.4 Å². The number of nitrogens with two attached hydrogens (primary N) is 3. The van der Waals surface area contributed by atoms with E-state index in [9.17, 15) is 31.2 Å². The second kappa shape index (κ2) is 23.2. The number of aromatic amines is 2. The smallest absolute Gasteiger partial charge is 0.338 e. The molecule has 0 aliphatic rings. The van der Waals surface area contributed by atoms with Crippen LogP contribution in [0.3, 0.4) is 0 Å². The van der Waals surface area contributed by atoms with Crippen LogP contribution in [0.15, 0.2) is 106 Å². The number of H-pyrrole nitrogens is 2. The molecule has 4 aromatic carbocycles. The van der Waals surface area contributed by atoms with Crippen molar-refractivity contribution in [2.24, 2.45) is 0 Å². The number of halogens is 1. The zero-order valence-corrected chi connectivity index (χ0v) is 39.9. The molecule has 0 spiro atoms. The van der Waals surface area contributed by atoms with Crippen LogP contribution in [0, 0.1) is 34.6 Å². The Bertz CT molecular complexity index is 3060. The average molecular weight is 1030 g/mol. The molecule has 0 bridgehead atoms. The minimum Gasteiger partial charge on any atom is -0.495 e. The van der Waals surface area contributed by atoms with E-state index < -0.39 is 38.1 Å². The monoisotopic (exact) mass is 1030 g/mol. The predicted octanol–water partition coefficient (Wildman–Crippen LogP) is 7.28. The molecule has 356 valence electrons. The van der Waals surface area contributed by atoms with Crippen LogP contribution in [0.4, 0.5) is 17.1 Å². The normalized spacial score (nSPS) is 10.7. The Morgan fingerprint density at radius 1 is 0.687 bits per heavy atom. The first-order valence-electron chi connectivity index (χ1n) is 19.2. The molecule has 7 aromatic rings. The van der Waals surface area contributed by atoms with Crippen LogP contribution < -0.4 is 21.9 Å². The largest absolute Gasteiger partial charge is 0.495 e. The van der Waals surface area contributed by atoms with Gasteiger partial charge in [-0.15, -0.1) is 0 Å². The van der Waals surface area contributed by atoms with Crippen LogP contribution in [0.5, 0.6) is 5.75 Å². The van der Waals surface area contributed by atoms with Crippen molar-refractivity contribution < 1.29 is 60.4 Å². The lowest BCUT2D eigenvalue weighted by Crippen LogP contribution is -2.10. The van der Waals surface area contributed by atoms with Crippen LogP contribution in [-0.2, 0) is 31.5 Å². The second-order valence-electron chi connectivity index (χ2n) is 14.1. The number of nitrogens with zero attached hydrogens (tertiary/aromatic N) is 2. The topological polar surface area (TPSA) is 365 Å². The number of rotatable bonds is 8. The molecule has 0 aliphatic heterocycles. The van der Waals surface area contributed by atoms with Gasteiger partial charge in [0.05, 0.1) is 50.7 Å². The van der Waals surface area contributed by atoms with Crippen molar-refractivity contribution in [1.82, 2.24) is 19.9 Å². The van der Waals surface area contributed by atoms with Gasteiger partial charge in [0, 0.05) is 40.7 Å². The third kappa shape index (κ3) is 14.6. The van der Waals surface area contributed by atoms with Gasteiger partial charge in [-0.1, -0.05) is 18.2 Å². The number of ether oxygens (including phenoxy) is 1. The number of aromatic nitrogens is 4. The van der Waals surface area contributed by atoms with Crippen LogP contribution in [0.2, 0.25) is 0 Å². The van der Waals surface area contributed by atoms with E-state index in [1.807, 2.05) is 31.2 Å². The highest BCUT2D eigenvalue weighted by Crippen LogP contribution is 2.33. The SMILES string of the molecule is COc1cccc(C(=O)O)c1N.Cc1[nH]c(C)c(C(=O)O)c1Br.Cc1c(N)c(C)c(S(=O)(=O)O)c(C)c1N.O=C(O)Cc1ccncc1.O=S(=O)(O)c1ccc(-c2nc3ccccc3[nH]2)cc1. The van der Waals surface area contributed by atoms with Crippen molar-refractivity contribution in [2.45, 2.75) is 50.8 Å². The van der Waals surface area contributed by atoms with Gasteiger partial charge in [0.2, 0.25) is 0 Å². The molecule has 20 nitrogen and oxygen atoms in total. The number of nitrogen functional groups attached to an aromatic ring is 3. The summed E-state index contributed by atoms with van der Waals surface area (Å²) >= 11 is 3.19. The van der Waals surface area contributed by atoms with Crippen molar-refractivity contribution in [1.29, 1.82) is 0 Å². The molecule has 0 atom stereocenters. The Morgan fingerprint density at radius 2 is 1.25 bits per heavy atom. The Morgan fingerprint density at radius 3 is 1.69 bits per heavy atom. The number of carboxylic acids is 3. The molecule has 67 heavy (non-hydrogen) atoms. The number of carboxylic acid groups (broad SMARTS) is 3. The molecule has 7 rings (SSSR count). The number of aliphatic carboxylic acids is 1. The Kier molecular flexibility index (Phi) is 18.7. The minimum absolute atomic E-state index is 0.0642. The van der Waals surface area contributed by atoms with Gasteiger partial charge in [-0.25, -0.2) is 14.6 Å². The molecule has 0 unspecified atom stereocenters. The molecule has 0 fully saturated rings. The van der Waals surface area contributed by atoms with E-state index in [0.29, 0.717) is 55.4 Å². The van der Waals surface area contributed by atoms with Crippen molar-refractivity contribution in [2.75, 3.05) is 24.3 Å². The molecule has 0 saturated heterocycles. The summed E-state index contributed by atoms with van der Waals surface area (Å²) in [6.07, 6.45) is 3.24. The molecular formula is C44H48BrN7O13S2. The zero-order valence-electron chi connectivity index (χ0n) is 36.7. The summed E-state index contributed by atoms with van der Waals surface area (Å²) in [5.41, 5.74) is 24.1. The number of anilines is 3. The number of aryl methyl sites for hydroxylation is 2. The molecular weight excluding hydrogens is 979 g/mol. The third-order valence-corrected chi connectivity index (χ3v) is 12.5. The van der Waals surface area contributed by atoms with Crippen molar-refractivity contribution in [3.63, 3.8) is 0 Å². The minimum atomic E-state index is -4.29. The van der Waals surface area contributed by atoms with Gasteiger partial charge in [-0.3, -0.25) is 18.9 Å². The lowest BCUT2D eigenvalue weighted by Gasteiger charge is -2.15. The molecule has 13 N–H and O–H groups in total. The summed E-state index contributed by atoms with van der Waals surface area (Å²) in [5, 5.41) is 25.7. The highest BCUT2D eigenvalue weighted by molar-refractivity contribution is 9.10. The number of benzene rings is 4. The van der Waals surface area contributed by atoms with Gasteiger partial charge in [-0.05, 0) is 133 Å². The number of hydrogen-bond acceptors (Lipinski definition) is 13. The summed E-state index contributed by atoms with van der Waals surface area (Å²) in [7, 11) is -7.00. The molecule has 0 amide bonds. The average Bonchev–Trinajstić information content (AvgIpc) is 3.81.